The Labute approximate surface area is 192 Å². The van der Waals surface area contributed by atoms with Gasteiger partial charge >= 0.3 is 6.03 Å². The first-order chi connectivity index (χ1) is 15.9. The van der Waals surface area contributed by atoms with Crippen LogP contribution in [0.2, 0.25) is 0 Å². The van der Waals surface area contributed by atoms with Crippen molar-refractivity contribution in [1.82, 2.24) is 15.1 Å². The molecule has 0 aromatic heterocycles. The van der Waals surface area contributed by atoms with Gasteiger partial charge in [0.1, 0.15) is 17.9 Å². The van der Waals surface area contributed by atoms with Crippen molar-refractivity contribution in [2.24, 2.45) is 0 Å². The van der Waals surface area contributed by atoms with Crippen molar-refractivity contribution in [1.29, 1.82) is 0 Å². The number of hydrogen-bond acceptors (Lipinski definition) is 4. The van der Waals surface area contributed by atoms with Gasteiger partial charge in [0, 0.05) is 25.3 Å². The van der Waals surface area contributed by atoms with Gasteiger partial charge in [0.2, 0.25) is 5.91 Å². The summed E-state index contributed by atoms with van der Waals surface area (Å²) in [4.78, 5) is 43.7. The number of carbonyl (C=O) groups is 3. The second kappa shape index (κ2) is 9.48. The van der Waals surface area contributed by atoms with Gasteiger partial charge in [-0.25, -0.2) is 9.18 Å². The number of halogens is 1. The summed E-state index contributed by atoms with van der Waals surface area (Å²) < 4.78 is 13.9. The van der Waals surface area contributed by atoms with E-state index in [0.717, 1.165) is 5.69 Å². The third kappa shape index (κ3) is 4.48. The van der Waals surface area contributed by atoms with Gasteiger partial charge in [-0.15, -0.1) is 0 Å². The Morgan fingerprint density at radius 2 is 1.70 bits per heavy atom. The van der Waals surface area contributed by atoms with Gasteiger partial charge in [0.15, 0.2) is 0 Å². The Hall–Kier alpha value is -3.62. The van der Waals surface area contributed by atoms with Gasteiger partial charge < -0.3 is 25.3 Å². The molecule has 33 heavy (non-hydrogen) atoms. The lowest BCUT2D eigenvalue weighted by Crippen LogP contribution is -2.58. The van der Waals surface area contributed by atoms with E-state index >= 15 is 0 Å². The molecule has 2 aromatic rings. The highest BCUT2D eigenvalue weighted by molar-refractivity contribution is 5.97. The van der Waals surface area contributed by atoms with Crippen LogP contribution in [0.1, 0.15) is 19.8 Å². The largest absolute Gasteiger partial charge is 0.355 e. The molecular formula is C24H28FN5O3. The molecule has 0 radical (unpaired) electrons. The SMILES string of the molecule is CCNC(=O)CN1CN(c2ccccc2)C2(CCN(C(=O)Nc3ccccc3F)CC2)C1=O. The summed E-state index contributed by atoms with van der Waals surface area (Å²) in [7, 11) is 0. The predicted molar refractivity (Wildman–Crippen MR) is 123 cm³/mol. The van der Waals surface area contributed by atoms with E-state index in [1.54, 1.807) is 21.9 Å². The van der Waals surface area contributed by atoms with Gasteiger partial charge in [0.25, 0.3) is 5.91 Å². The fraction of sp³-hybridized carbons (Fsp3) is 0.375. The molecular weight excluding hydrogens is 425 g/mol. The number of anilines is 2. The number of urea groups is 1. The molecule has 1 spiro atoms. The number of carbonyl (C=O) groups excluding carboxylic acids is 3. The van der Waals surface area contributed by atoms with Crippen molar-refractivity contribution in [3.05, 3.63) is 60.4 Å². The van der Waals surface area contributed by atoms with Crippen molar-refractivity contribution >= 4 is 29.2 Å². The van der Waals surface area contributed by atoms with E-state index in [4.69, 9.17) is 0 Å². The summed E-state index contributed by atoms with van der Waals surface area (Å²) in [5, 5.41) is 5.36. The van der Waals surface area contributed by atoms with E-state index in [-0.39, 0.29) is 24.0 Å². The first-order valence-electron chi connectivity index (χ1n) is 11.1. The van der Waals surface area contributed by atoms with E-state index in [2.05, 4.69) is 10.6 Å². The van der Waals surface area contributed by atoms with Crippen LogP contribution in [0.3, 0.4) is 0 Å². The number of nitrogens with zero attached hydrogens (tertiary/aromatic N) is 3. The second-order valence-corrected chi connectivity index (χ2v) is 8.29. The molecule has 2 fully saturated rings. The fourth-order valence-corrected chi connectivity index (χ4v) is 4.59. The zero-order chi connectivity index (χ0) is 23.4. The molecule has 0 aliphatic carbocycles. The van der Waals surface area contributed by atoms with Crippen LogP contribution < -0.4 is 15.5 Å². The Morgan fingerprint density at radius 3 is 2.36 bits per heavy atom. The third-order valence-electron chi connectivity index (χ3n) is 6.28. The lowest BCUT2D eigenvalue weighted by atomic mass is 9.85. The van der Waals surface area contributed by atoms with E-state index in [9.17, 15) is 18.8 Å². The van der Waals surface area contributed by atoms with Crippen molar-refractivity contribution in [2.75, 3.05) is 43.1 Å². The van der Waals surface area contributed by atoms with E-state index in [0.29, 0.717) is 39.1 Å². The minimum Gasteiger partial charge on any atom is -0.355 e. The quantitative estimate of drug-likeness (QED) is 0.729. The van der Waals surface area contributed by atoms with E-state index < -0.39 is 17.4 Å². The number of hydrogen-bond donors (Lipinski definition) is 2. The molecule has 2 saturated heterocycles. The van der Waals surface area contributed by atoms with Crippen LogP contribution in [-0.4, -0.2) is 66.0 Å². The number of nitrogens with one attached hydrogen (secondary N) is 2. The maximum Gasteiger partial charge on any atom is 0.321 e. The van der Waals surface area contributed by atoms with Crippen LogP contribution in [0.15, 0.2) is 54.6 Å². The highest BCUT2D eigenvalue weighted by atomic mass is 19.1. The van der Waals surface area contributed by atoms with Crippen LogP contribution >= 0.6 is 0 Å². The lowest BCUT2D eigenvalue weighted by Gasteiger charge is -2.43. The van der Waals surface area contributed by atoms with Crippen molar-refractivity contribution in [2.45, 2.75) is 25.3 Å². The number of piperidine rings is 1. The number of rotatable bonds is 5. The summed E-state index contributed by atoms with van der Waals surface area (Å²) in [6.07, 6.45) is 0.828. The van der Waals surface area contributed by atoms with Crippen LogP contribution in [0.5, 0.6) is 0 Å². The van der Waals surface area contributed by atoms with Crippen LogP contribution in [0.25, 0.3) is 0 Å². The second-order valence-electron chi connectivity index (χ2n) is 8.29. The zero-order valence-electron chi connectivity index (χ0n) is 18.6. The van der Waals surface area contributed by atoms with Gasteiger partial charge in [-0.2, -0.15) is 0 Å². The molecule has 8 nitrogen and oxygen atoms in total. The Balaban J connectivity index is 1.51. The third-order valence-corrected chi connectivity index (χ3v) is 6.28. The Bertz CT molecular complexity index is 1020. The molecule has 0 atom stereocenters. The van der Waals surface area contributed by atoms with Crippen LogP contribution in [0, 0.1) is 5.82 Å². The fourth-order valence-electron chi connectivity index (χ4n) is 4.59. The summed E-state index contributed by atoms with van der Waals surface area (Å²) in [5.41, 5.74) is 0.190. The van der Waals surface area contributed by atoms with Gasteiger partial charge in [-0.3, -0.25) is 9.59 Å². The van der Waals surface area contributed by atoms with Gasteiger partial charge in [-0.05, 0) is 44.0 Å². The maximum atomic E-state index is 13.9. The normalized spacial score (nSPS) is 17.4. The molecule has 4 amide bonds. The molecule has 0 saturated carbocycles. The standard InChI is InChI=1S/C24H28FN5O3/c1-2-26-21(31)16-29-17-30(18-8-4-3-5-9-18)24(22(29)32)12-14-28(15-13-24)23(33)27-20-11-7-6-10-19(20)25/h3-11H,2,12-17H2,1H3,(H,26,31)(H,27,33). The van der Waals surface area contributed by atoms with E-state index in [1.807, 2.05) is 42.2 Å². The molecule has 2 aromatic carbocycles. The maximum absolute atomic E-state index is 13.9. The Kier molecular flexibility index (Phi) is 6.48. The monoisotopic (exact) mass is 453 g/mol. The first-order valence-corrected chi connectivity index (χ1v) is 11.1. The highest BCUT2D eigenvalue weighted by Crippen LogP contribution is 2.39. The molecule has 0 bridgehead atoms. The molecule has 174 valence electrons. The summed E-state index contributed by atoms with van der Waals surface area (Å²) in [6.45, 7) is 3.31. The molecule has 2 aliphatic rings. The minimum absolute atomic E-state index is 0.00472. The lowest BCUT2D eigenvalue weighted by molar-refractivity contribution is -0.137. The molecule has 2 heterocycles. The van der Waals surface area contributed by atoms with Crippen LogP contribution in [-0.2, 0) is 9.59 Å². The molecule has 9 heteroatoms. The summed E-state index contributed by atoms with van der Waals surface area (Å²) >= 11 is 0. The van der Waals surface area contributed by atoms with E-state index in [1.165, 1.54) is 12.1 Å². The van der Waals surface area contributed by atoms with Crippen molar-refractivity contribution < 1.29 is 18.8 Å². The number of amides is 4. The van der Waals surface area contributed by atoms with Gasteiger partial charge in [-0.1, -0.05) is 30.3 Å². The Morgan fingerprint density at radius 1 is 1.03 bits per heavy atom. The average molecular weight is 454 g/mol. The topological polar surface area (TPSA) is 85.0 Å². The van der Waals surface area contributed by atoms with Gasteiger partial charge in [0.05, 0.1) is 12.4 Å². The molecule has 0 unspecified atom stereocenters. The molecule has 2 aliphatic heterocycles. The molecule has 2 N–H and O–H groups in total. The average Bonchev–Trinajstić information content (AvgIpc) is 3.08. The van der Waals surface area contributed by atoms with Crippen LogP contribution in [0.4, 0.5) is 20.6 Å². The summed E-state index contributed by atoms with van der Waals surface area (Å²) in [5.74, 6) is -0.800. The summed E-state index contributed by atoms with van der Waals surface area (Å²) in [6, 6.07) is 15.3. The number of benzene rings is 2. The number of likely N-dealkylation sites (tertiary alicyclic amines) is 1. The smallest absolute Gasteiger partial charge is 0.321 e. The van der Waals surface area contributed by atoms with Crippen molar-refractivity contribution in [3.8, 4) is 0 Å². The van der Waals surface area contributed by atoms with Crippen molar-refractivity contribution in [3.63, 3.8) is 0 Å². The first kappa shape index (κ1) is 22.6. The zero-order valence-corrected chi connectivity index (χ0v) is 18.6. The predicted octanol–water partition coefficient (Wildman–Crippen LogP) is 2.63. The number of likely N-dealkylation sites (N-methyl/N-ethyl adjacent to an activating group) is 1. The molecule has 4 rings (SSSR count). The highest BCUT2D eigenvalue weighted by Gasteiger charge is 2.54. The minimum atomic E-state index is -0.831. The number of para-hydroxylation sites is 2.